The van der Waals surface area contributed by atoms with Gasteiger partial charge in [0.1, 0.15) is 5.41 Å². The lowest BCUT2D eigenvalue weighted by Crippen LogP contribution is -2.47. The quantitative estimate of drug-likeness (QED) is 0.839. The highest BCUT2D eigenvalue weighted by Crippen LogP contribution is 2.23. The lowest BCUT2D eigenvalue weighted by Gasteiger charge is -2.24. The maximum atomic E-state index is 12.2. The van der Waals surface area contributed by atoms with E-state index in [2.05, 4.69) is 10.6 Å². The number of benzene rings is 1. The molecule has 1 aromatic rings. The number of amides is 2. The predicted molar refractivity (Wildman–Crippen MR) is 81.9 cm³/mol. The lowest BCUT2D eigenvalue weighted by molar-refractivity contribution is -0.138. The Balaban J connectivity index is 2.83. The molecule has 0 radical (unpaired) electrons. The van der Waals surface area contributed by atoms with E-state index in [0.717, 1.165) is 5.56 Å². The van der Waals surface area contributed by atoms with Gasteiger partial charge in [-0.3, -0.25) is 9.59 Å². The summed E-state index contributed by atoms with van der Waals surface area (Å²) in [7, 11) is 0. The summed E-state index contributed by atoms with van der Waals surface area (Å²) in [5, 5.41) is 6.04. The number of anilines is 1. The molecule has 110 valence electrons. The van der Waals surface area contributed by atoms with E-state index in [9.17, 15) is 9.59 Å². The SMILES string of the molecule is Cc1ccc(NC(=O)C(C)(C)C(=O)NC(C)C)cc1Cl. The smallest absolute Gasteiger partial charge is 0.239 e. The van der Waals surface area contributed by atoms with Gasteiger partial charge in [0.05, 0.1) is 0 Å². The second-order valence-corrected chi connectivity index (χ2v) is 6.08. The van der Waals surface area contributed by atoms with Crippen LogP contribution in [0.15, 0.2) is 18.2 Å². The molecule has 2 N–H and O–H groups in total. The van der Waals surface area contributed by atoms with Crippen LogP contribution in [0.2, 0.25) is 5.02 Å². The van der Waals surface area contributed by atoms with Crippen LogP contribution in [-0.4, -0.2) is 17.9 Å². The molecule has 0 spiro atoms. The first kappa shape index (κ1) is 16.5. The number of hydrogen-bond donors (Lipinski definition) is 2. The highest BCUT2D eigenvalue weighted by atomic mass is 35.5. The van der Waals surface area contributed by atoms with Gasteiger partial charge in [0.15, 0.2) is 0 Å². The Bertz CT molecular complexity index is 525. The minimum atomic E-state index is -1.15. The van der Waals surface area contributed by atoms with Gasteiger partial charge in [0.25, 0.3) is 0 Å². The van der Waals surface area contributed by atoms with Gasteiger partial charge >= 0.3 is 0 Å². The fraction of sp³-hybridized carbons (Fsp3) is 0.467. The number of hydrogen-bond acceptors (Lipinski definition) is 2. The fourth-order valence-corrected chi connectivity index (χ4v) is 1.68. The van der Waals surface area contributed by atoms with E-state index >= 15 is 0 Å². The minimum absolute atomic E-state index is 0.0107. The van der Waals surface area contributed by atoms with Gasteiger partial charge in [0, 0.05) is 16.8 Å². The summed E-state index contributed by atoms with van der Waals surface area (Å²) in [6.45, 7) is 8.77. The van der Waals surface area contributed by atoms with Crippen molar-refractivity contribution < 1.29 is 9.59 Å². The topological polar surface area (TPSA) is 58.2 Å². The summed E-state index contributed by atoms with van der Waals surface area (Å²) >= 11 is 6.01. The van der Waals surface area contributed by atoms with Crippen LogP contribution in [0, 0.1) is 12.3 Å². The van der Waals surface area contributed by atoms with Gasteiger partial charge in [0.2, 0.25) is 11.8 Å². The third-order valence-corrected chi connectivity index (χ3v) is 3.39. The second-order valence-electron chi connectivity index (χ2n) is 5.67. The molecule has 0 saturated carbocycles. The third-order valence-electron chi connectivity index (χ3n) is 2.98. The number of aryl methyl sites for hydroxylation is 1. The van der Waals surface area contributed by atoms with Gasteiger partial charge < -0.3 is 10.6 Å². The van der Waals surface area contributed by atoms with Crippen LogP contribution < -0.4 is 10.6 Å². The van der Waals surface area contributed by atoms with E-state index in [1.807, 2.05) is 26.8 Å². The molecule has 0 unspecified atom stereocenters. The number of rotatable bonds is 4. The van der Waals surface area contributed by atoms with Crippen LogP contribution in [0.3, 0.4) is 0 Å². The molecular weight excluding hydrogens is 276 g/mol. The first-order chi connectivity index (χ1) is 9.14. The van der Waals surface area contributed by atoms with Gasteiger partial charge in [-0.25, -0.2) is 0 Å². The molecule has 4 nitrogen and oxygen atoms in total. The van der Waals surface area contributed by atoms with Crippen LogP contribution in [0.1, 0.15) is 33.3 Å². The van der Waals surface area contributed by atoms with Crippen LogP contribution in [0.4, 0.5) is 5.69 Å². The molecule has 5 heteroatoms. The Hall–Kier alpha value is -1.55. The molecule has 0 atom stereocenters. The maximum Gasteiger partial charge on any atom is 0.239 e. The Labute approximate surface area is 124 Å². The molecule has 0 aliphatic rings. The van der Waals surface area contributed by atoms with Gasteiger partial charge in [-0.05, 0) is 52.3 Å². The summed E-state index contributed by atoms with van der Waals surface area (Å²) in [6, 6.07) is 5.24. The first-order valence-corrected chi connectivity index (χ1v) is 6.91. The van der Waals surface area contributed by atoms with E-state index in [1.54, 1.807) is 26.0 Å². The van der Waals surface area contributed by atoms with E-state index in [-0.39, 0.29) is 17.9 Å². The van der Waals surface area contributed by atoms with E-state index in [1.165, 1.54) is 0 Å². The Morgan fingerprint density at radius 2 is 1.80 bits per heavy atom. The zero-order chi connectivity index (χ0) is 15.5. The zero-order valence-electron chi connectivity index (χ0n) is 12.5. The summed E-state index contributed by atoms with van der Waals surface area (Å²) in [5.41, 5.74) is 0.360. The Kier molecular flexibility index (Phi) is 5.17. The highest BCUT2D eigenvalue weighted by Gasteiger charge is 2.36. The van der Waals surface area contributed by atoms with Crippen molar-refractivity contribution in [3.63, 3.8) is 0 Å². The molecular formula is C15H21ClN2O2. The van der Waals surface area contributed by atoms with E-state index < -0.39 is 5.41 Å². The largest absolute Gasteiger partial charge is 0.353 e. The molecule has 1 rings (SSSR count). The first-order valence-electron chi connectivity index (χ1n) is 6.53. The molecule has 0 aliphatic carbocycles. The lowest BCUT2D eigenvalue weighted by atomic mass is 9.90. The molecule has 1 aromatic carbocycles. The molecule has 2 amide bonds. The van der Waals surface area contributed by atoms with Crippen molar-refractivity contribution in [2.24, 2.45) is 5.41 Å². The monoisotopic (exact) mass is 296 g/mol. The average Bonchev–Trinajstić information content (AvgIpc) is 2.32. The highest BCUT2D eigenvalue weighted by molar-refractivity contribution is 6.31. The normalized spacial score (nSPS) is 11.3. The molecule has 0 bridgehead atoms. The molecule has 20 heavy (non-hydrogen) atoms. The molecule has 0 aromatic heterocycles. The van der Waals surface area contributed by atoms with Crippen molar-refractivity contribution >= 4 is 29.1 Å². The minimum Gasteiger partial charge on any atom is -0.353 e. The number of nitrogens with one attached hydrogen (secondary N) is 2. The van der Waals surface area contributed by atoms with Crippen LogP contribution in [0.25, 0.3) is 0 Å². The number of halogens is 1. The van der Waals surface area contributed by atoms with Gasteiger partial charge in [-0.1, -0.05) is 17.7 Å². The summed E-state index contributed by atoms with van der Waals surface area (Å²) in [4.78, 5) is 24.3. The number of carbonyl (C=O) groups is 2. The third kappa shape index (κ3) is 3.97. The van der Waals surface area contributed by atoms with Crippen molar-refractivity contribution in [1.82, 2.24) is 5.32 Å². The summed E-state index contributed by atoms with van der Waals surface area (Å²) in [5.74, 6) is -0.668. The zero-order valence-corrected chi connectivity index (χ0v) is 13.3. The number of carbonyl (C=O) groups excluding carboxylic acids is 2. The van der Waals surface area contributed by atoms with Crippen LogP contribution in [-0.2, 0) is 9.59 Å². The Morgan fingerprint density at radius 1 is 1.20 bits per heavy atom. The van der Waals surface area contributed by atoms with Gasteiger partial charge in [-0.2, -0.15) is 0 Å². The van der Waals surface area contributed by atoms with E-state index in [4.69, 9.17) is 11.6 Å². The maximum absolute atomic E-state index is 12.2. The predicted octanol–water partition coefficient (Wildman–Crippen LogP) is 3.14. The summed E-state index contributed by atoms with van der Waals surface area (Å²) in [6.07, 6.45) is 0. The molecule has 0 fully saturated rings. The van der Waals surface area contributed by atoms with Crippen molar-refractivity contribution in [2.75, 3.05) is 5.32 Å². The van der Waals surface area contributed by atoms with E-state index in [0.29, 0.717) is 10.7 Å². The molecule has 0 aliphatic heterocycles. The van der Waals surface area contributed by atoms with Crippen molar-refractivity contribution in [3.8, 4) is 0 Å². The average molecular weight is 297 g/mol. The Morgan fingerprint density at radius 3 is 2.30 bits per heavy atom. The standard InChI is InChI=1S/C15H21ClN2O2/c1-9(2)17-13(19)15(4,5)14(20)18-11-7-6-10(3)12(16)8-11/h6-9H,1-5H3,(H,17,19)(H,18,20). The second kappa shape index (κ2) is 6.27. The summed E-state index contributed by atoms with van der Waals surface area (Å²) < 4.78 is 0. The van der Waals surface area contributed by atoms with Crippen molar-refractivity contribution in [2.45, 2.75) is 40.7 Å². The van der Waals surface area contributed by atoms with Crippen molar-refractivity contribution in [3.05, 3.63) is 28.8 Å². The van der Waals surface area contributed by atoms with Crippen LogP contribution in [0.5, 0.6) is 0 Å². The van der Waals surface area contributed by atoms with Crippen molar-refractivity contribution in [1.29, 1.82) is 0 Å². The van der Waals surface area contributed by atoms with Gasteiger partial charge in [-0.15, -0.1) is 0 Å². The molecule has 0 saturated heterocycles. The fourth-order valence-electron chi connectivity index (χ4n) is 1.50. The molecule has 0 heterocycles. The van der Waals surface area contributed by atoms with Crippen LogP contribution >= 0.6 is 11.6 Å².